The van der Waals surface area contributed by atoms with E-state index in [2.05, 4.69) is 9.68 Å². The molecule has 0 bridgehead atoms. The monoisotopic (exact) mass is 700 g/mol. The highest BCUT2D eigenvalue weighted by atomic mass is 32.3. The molecule has 0 spiro atoms. The van der Waals surface area contributed by atoms with Crippen LogP contribution in [0.5, 0.6) is 0 Å². The number of hydroxylamine groups is 2. The maximum absolute atomic E-state index is 12.9. The first kappa shape index (κ1) is 46.1. The zero-order valence-corrected chi connectivity index (χ0v) is 22.4. The highest BCUT2D eigenvalue weighted by Gasteiger charge is 2.76. The van der Waals surface area contributed by atoms with E-state index in [0.29, 0.717) is 38.5 Å². The van der Waals surface area contributed by atoms with Crippen LogP contribution in [0.2, 0.25) is 0 Å². The fraction of sp³-hybridized carbons (Fsp3) is 1.00. The third kappa shape index (κ3) is 20.3. The quantitative estimate of drug-likeness (QED) is 0.0558. The summed E-state index contributed by atoms with van der Waals surface area (Å²) in [5.74, 6) is -11.5. The molecule has 6 N–H and O–H groups in total. The van der Waals surface area contributed by atoms with Gasteiger partial charge in [-0.15, -0.1) is 0 Å². The molecule has 0 unspecified atom stereocenters. The van der Waals surface area contributed by atoms with Crippen LogP contribution in [-0.4, -0.2) is 90.5 Å². The van der Waals surface area contributed by atoms with Crippen molar-refractivity contribution in [3.8, 4) is 0 Å². The maximum atomic E-state index is 12.9. The molecule has 0 rings (SSSR count). The van der Waals surface area contributed by atoms with Crippen LogP contribution >= 0.6 is 0 Å². The number of rotatable bonds is 16. The Hall–Kier alpha value is -1.35. The van der Waals surface area contributed by atoms with E-state index >= 15 is 0 Å². The SMILES string of the molecule is O=S(=O)(O)O.OCCCCCCNOC(F)(C(F)(F)F)C(F)(F)F.OCCCCCCNOC(F)(C(F)(F)F)C(F)(F)F. The van der Waals surface area contributed by atoms with Gasteiger partial charge < -0.3 is 10.2 Å². The Balaban J connectivity index is -0.000000642. The Labute approximate surface area is 235 Å². The molecule has 0 heterocycles. The molecule has 0 aliphatic rings. The van der Waals surface area contributed by atoms with Crippen LogP contribution < -0.4 is 11.0 Å². The number of unbranched alkanes of at least 4 members (excludes halogenated alkanes) is 6. The van der Waals surface area contributed by atoms with Crippen molar-refractivity contribution in [3.63, 3.8) is 0 Å². The van der Waals surface area contributed by atoms with Crippen molar-refractivity contribution in [3.05, 3.63) is 0 Å². The summed E-state index contributed by atoms with van der Waals surface area (Å²) in [4.78, 5) is 6.30. The van der Waals surface area contributed by atoms with E-state index in [9.17, 15) is 61.5 Å². The van der Waals surface area contributed by atoms with Gasteiger partial charge in [-0.25, -0.2) is 9.68 Å². The zero-order valence-electron chi connectivity index (χ0n) is 21.6. The van der Waals surface area contributed by atoms with Crippen molar-refractivity contribution in [1.82, 2.24) is 11.0 Å². The largest absolute Gasteiger partial charge is 0.459 e. The molecule has 0 saturated carbocycles. The molecule has 0 aromatic heterocycles. The molecule has 25 heteroatoms. The molecule has 10 nitrogen and oxygen atoms in total. The Bertz CT molecular complexity index is 736. The Morgan fingerprint density at radius 3 is 0.860 bits per heavy atom. The van der Waals surface area contributed by atoms with E-state index < -0.39 is 46.8 Å². The molecular formula is C18H30F14N2O8S. The lowest BCUT2D eigenvalue weighted by Gasteiger charge is -2.29. The van der Waals surface area contributed by atoms with Gasteiger partial charge in [0, 0.05) is 26.3 Å². The smallest absolute Gasteiger partial charge is 0.396 e. The minimum absolute atomic E-state index is 0.0559. The maximum Gasteiger partial charge on any atom is 0.459 e. The summed E-state index contributed by atoms with van der Waals surface area (Å²) < 4.78 is 201. The normalized spacial score (nSPS) is 13.6. The van der Waals surface area contributed by atoms with Crippen molar-refractivity contribution in [2.45, 2.75) is 87.8 Å². The molecule has 0 aromatic carbocycles. The first-order valence-corrected chi connectivity index (χ1v) is 12.9. The number of alkyl halides is 14. The number of hydrogen-bond acceptors (Lipinski definition) is 8. The molecule has 43 heavy (non-hydrogen) atoms. The lowest BCUT2D eigenvalue weighted by molar-refractivity contribution is -0.443. The van der Waals surface area contributed by atoms with Gasteiger partial charge in [-0.2, -0.15) is 80.8 Å². The molecule has 0 aliphatic heterocycles. The number of hydrogen-bond donors (Lipinski definition) is 6. The van der Waals surface area contributed by atoms with Gasteiger partial charge in [-0.3, -0.25) is 9.11 Å². The average Bonchev–Trinajstić information content (AvgIpc) is 2.79. The van der Waals surface area contributed by atoms with Crippen molar-refractivity contribution >= 4 is 10.4 Å². The van der Waals surface area contributed by atoms with Crippen LogP contribution in [0.1, 0.15) is 51.4 Å². The summed E-state index contributed by atoms with van der Waals surface area (Å²) in [5.41, 5.74) is 2.68. The molecule has 0 atom stereocenters. The van der Waals surface area contributed by atoms with Crippen LogP contribution in [0, 0.1) is 0 Å². The molecule has 0 radical (unpaired) electrons. The Kier molecular flexibility index (Phi) is 21.3. The van der Waals surface area contributed by atoms with Crippen LogP contribution in [0.15, 0.2) is 0 Å². The fourth-order valence-corrected chi connectivity index (χ4v) is 2.18. The highest BCUT2D eigenvalue weighted by Crippen LogP contribution is 2.47. The summed E-state index contributed by atoms with van der Waals surface area (Å²) >= 11 is 0. The van der Waals surface area contributed by atoms with E-state index in [4.69, 9.17) is 27.7 Å². The number of aliphatic hydroxyl groups excluding tert-OH is 2. The predicted molar refractivity (Wildman–Crippen MR) is 115 cm³/mol. The summed E-state index contributed by atoms with van der Waals surface area (Å²) in [6, 6.07) is 0. The second-order valence-corrected chi connectivity index (χ2v) is 8.79. The minimum Gasteiger partial charge on any atom is -0.396 e. The summed E-state index contributed by atoms with van der Waals surface area (Å²) in [6.07, 6.45) is -21.6. The number of aliphatic hydroxyl groups is 2. The summed E-state index contributed by atoms with van der Waals surface area (Å²) in [5, 5.41) is 16.8. The van der Waals surface area contributed by atoms with E-state index in [-0.39, 0.29) is 39.1 Å². The van der Waals surface area contributed by atoms with Crippen LogP contribution in [0.4, 0.5) is 61.5 Å². The van der Waals surface area contributed by atoms with Crippen LogP contribution in [0.25, 0.3) is 0 Å². The Morgan fingerprint density at radius 1 is 0.465 bits per heavy atom. The molecule has 0 saturated heterocycles. The fourth-order valence-electron chi connectivity index (χ4n) is 2.18. The standard InChI is InChI=1S/2C9H14F7NO2.H2O4S/c2*10-7(8(11,12)13,9(14,15)16)19-17-5-3-1-2-4-6-18;1-5(2,3)4/h2*17-18H,1-6H2;(H2,1,2,3,4). The predicted octanol–water partition coefficient (Wildman–Crippen LogP) is 5.05. The minimum atomic E-state index is -6.23. The lowest BCUT2D eigenvalue weighted by Crippen LogP contribution is -2.57. The average molecular weight is 700 g/mol. The number of nitrogens with one attached hydrogen (secondary N) is 2. The van der Waals surface area contributed by atoms with E-state index in [1.54, 1.807) is 0 Å². The second-order valence-electron chi connectivity index (χ2n) is 7.90. The van der Waals surface area contributed by atoms with Crippen molar-refractivity contribution in [2.75, 3.05) is 26.3 Å². The number of halogens is 14. The second kappa shape index (κ2) is 19.9. The highest BCUT2D eigenvalue weighted by molar-refractivity contribution is 7.79. The molecule has 0 fully saturated rings. The van der Waals surface area contributed by atoms with Gasteiger partial charge in [0.25, 0.3) is 0 Å². The van der Waals surface area contributed by atoms with Crippen molar-refractivity contribution in [2.24, 2.45) is 0 Å². The lowest BCUT2D eigenvalue weighted by atomic mass is 10.2. The molecule has 264 valence electrons. The van der Waals surface area contributed by atoms with Gasteiger partial charge in [-0.05, 0) is 25.7 Å². The van der Waals surface area contributed by atoms with Gasteiger partial charge >= 0.3 is 46.8 Å². The van der Waals surface area contributed by atoms with Gasteiger partial charge in [0.2, 0.25) is 0 Å². The zero-order chi connectivity index (χ0) is 34.8. The molecular weight excluding hydrogens is 670 g/mol. The molecule has 0 aliphatic carbocycles. The van der Waals surface area contributed by atoms with Gasteiger partial charge in [0.15, 0.2) is 0 Å². The van der Waals surface area contributed by atoms with Gasteiger partial charge in [-0.1, -0.05) is 25.7 Å². The summed E-state index contributed by atoms with van der Waals surface area (Å²) in [7, 11) is -4.67. The van der Waals surface area contributed by atoms with E-state index in [0.717, 1.165) is 0 Å². The topological polar surface area (TPSA) is 158 Å². The first-order valence-electron chi connectivity index (χ1n) is 11.5. The third-order valence-electron chi connectivity index (χ3n) is 4.26. The molecule has 0 amide bonds. The van der Waals surface area contributed by atoms with E-state index in [1.807, 2.05) is 0 Å². The van der Waals surface area contributed by atoms with Crippen LogP contribution in [0.3, 0.4) is 0 Å². The Morgan fingerprint density at radius 2 is 0.674 bits per heavy atom. The third-order valence-corrected chi connectivity index (χ3v) is 4.26. The van der Waals surface area contributed by atoms with Gasteiger partial charge in [0.1, 0.15) is 0 Å². The van der Waals surface area contributed by atoms with Crippen LogP contribution in [-0.2, 0) is 20.1 Å². The van der Waals surface area contributed by atoms with E-state index in [1.165, 1.54) is 11.0 Å². The van der Waals surface area contributed by atoms with Crippen molar-refractivity contribution in [1.29, 1.82) is 0 Å². The van der Waals surface area contributed by atoms with Gasteiger partial charge in [0.05, 0.1) is 0 Å². The first-order chi connectivity index (χ1) is 19.1. The summed E-state index contributed by atoms with van der Waals surface area (Å²) in [6.45, 7) is -0.855. The molecule has 0 aromatic rings. The van der Waals surface area contributed by atoms with Crippen molar-refractivity contribution < 1.29 is 98.9 Å².